The van der Waals surface area contributed by atoms with Crippen molar-refractivity contribution >= 4 is 6.03 Å². The van der Waals surface area contributed by atoms with Crippen LogP contribution in [0.1, 0.15) is 12.8 Å². The van der Waals surface area contributed by atoms with Crippen molar-refractivity contribution in [2.75, 3.05) is 52.4 Å². The van der Waals surface area contributed by atoms with E-state index in [0.717, 1.165) is 58.7 Å². The summed E-state index contributed by atoms with van der Waals surface area (Å²) in [5.41, 5.74) is 0. The number of urea groups is 1. The van der Waals surface area contributed by atoms with Crippen molar-refractivity contribution in [3.05, 3.63) is 0 Å². The van der Waals surface area contributed by atoms with E-state index in [9.17, 15) is 4.79 Å². The molecule has 2 amide bonds. The molecule has 0 spiro atoms. The van der Waals surface area contributed by atoms with Crippen LogP contribution in [0.3, 0.4) is 0 Å². The van der Waals surface area contributed by atoms with E-state index < -0.39 is 0 Å². The fourth-order valence-electron chi connectivity index (χ4n) is 2.41. The fourth-order valence-corrected chi connectivity index (χ4v) is 2.41. The monoisotopic (exact) mass is 227 g/mol. The van der Waals surface area contributed by atoms with E-state index in [1.54, 1.807) is 0 Å². The van der Waals surface area contributed by atoms with Crippen LogP contribution in [0.2, 0.25) is 0 Å². The SMILES string of the molecule is O=C(N1CCCC1)N1CCN(CCO)CC1. The van der Waals surface area contributed by atoms with Crippen LogP contribution >= 0.6 is 0 Å². The number of aliphatic hydroxyl groups is 1. The van der Waals surface area contributed by atoms with Crippen molar-refractivity contribution in [2.24, 2.45) is 0 Å². The van der Waals surface area contributed by atoms with Gasteiger partial charge in [0.2, 0.25) is 0 Å². The van der Waals surface area contributed by atoms with Crippen LogP contribution in [0.15, 0.2) is 0 Å². The summed E-state index contributed by atoms with van der Waals surface area (Å²) in [7, 11) is 0. The number of β-amino-alcohol motifs (C(OH)–C–C–N with tert-alkyl or cyclic N) is 1. The number of likely N-dealkylation sites (tertiary alicyclic amines) is 1. The second kappa shape index (κ2) is 5.50. The third-order valence-electron chi connectivity index (χ3n) is 3.44. The van der Waals surface area contributed by atoms with Crippen LogP contribution in [0.5, 0.6) is 0 Å². The Morgan fingerprint density at radius 3 is 2.06 bits per heavy atom. The first kappa shape index (κ1) is 11.7. The van der Waals surface area contributed by atoms with Gasteiger partial charge in [-0.15, -0.1) is 0 Å². The highest BCUT2D eigenvalue weighted by Crippen LogP contribution is 2.12. The maximum absolute atomic E-state index is 12.0. The number of hydrogen-bond acceptors (Lipinski definition) is 3. The third kappa shape index (κ3) is 2.65. The Morgan fingerprint density at radius 2 is 1.50 bits per heavy atom. The predicted octanol–water partition coefficient (Wildman–Crippen LogP) is -0.188. The van der Waals surface area contributed by atoms with Gasteiger partial charge < -0.3 is 14.9 Å². The van der Waals surface area contributed by atoms with E-state index in [4.69, 9.17) is 5.11 Å². The van der Waals surface area contributed by atoms with E-state index in [1.807, 2.05) is 9.80 Å². The van der Waals surface area contributed by atoms with Crippen molar-refractivity contribution in [1.29, 1.82) is 0 Å². The number of carbonyl (C=O) groups excluding carboxylic acids is 1. The predicted molar refractivity (Wildman–Crippen MR) is 61.3 cm³/mol. The minimum Gasteiger partial charge on any atom is -0.395 e. The summed E-state index contributed by atoms with van der Waals surface area (Å²) in [6.07, 6.45) is 2.30. The highest BCUT2D eigenvalue weighted by molar-refractivity contribution is 5.74. The summed E-state index contributed by atoms with van der Waals surface area (Å²) < 4.78 is 0. The molecule has 0 aromatic rings. The summed E-state index contributed by atoms with van der Waals surface area (Å²) in [6.45, 7) is 6.17. The van der Waals surface area contributed by atoms with Crippen LogP contribution < -0.4 is 0 Å². The standard InChI is InChI=1S/C11H21N3O2/c15-10-9-12-5-7-14(8-6-12)11(16)13-3-1-2-4-13/h15H,1-10H2. The number of carbonyl (C=O) groups is 1. The maximum atomic E-state index is 12.0. The van der Waals surface area contributed by atoms with Crippen LogP contribution in [-0.4, -0.2) is 78.3 Å². The van der Waals surface area contributed by atoms with E-state index in [0.29, 0.717) is 0 Å². The van der Waals surface area contributed by atoms with Gasteiger partial charge in [-0.05, 0) is 12.8 Å². The molecule has 5 nitrogen and oxygen atoms in total. The lowest BCUT2D eigenvalue weighted by Crippen LogP contribution is -2.52. The minimum absolute atomic E-state index is 0.208. The molecule has 2 rings (SSSR count). The van der Waals surface area contributed by atoms with Crippen molar-refractivity contribution in [3.8, 4) is 0 Å². The third-order valence-corrected chi connectivity index (χ3v) is 3.44. The zero-order valence-electron chi connectivity index (χ0n) is 9.77. The second-order valence-corrected chi connectivity index (χ2v) is 4.53. The highest BCUT2D eigenvalue weighted by Gasteiger charge is 2.26. The second-order valence-electron chi connectivity index (χ2n) is 4.53. The summed E-state index contributed by atoms with van der Waals surface area (Å²) >= 11 is 0. The average molecular weight is 227 g/mol. The Bertz CT molecular complexity index is 233. The molecule has 5 heteroatoms. The first-order valence-corrected chi connectivity index (χ1v) is 6.18. The lowest BCUT2D eigenvalue weighted by atomic mass is 10.3. The molecule has 0 aliphatic carbocycles. The summed E-state index contributed by atoms with van der Waals surface area (Å²) in [6, 6.07) is 0.209. The molecule has 0 aromatic heterocycles. The Balaban J connectivity index is 1.77. The van der Waals surface area contributed by atoms with E-state index in [2.05, 4.69) is 4.90 Å². The van der Waals surface area contributed by atoms with E-state index in [1.165, 1.54) is 0 Å². The van der Waals surface area contributed by atoms with Crippen LogP contribution in [0.4, 0.5) is 4.79 Å². The number of amides is 2. The molecule has 0 aromatic carbocycles. The minimum atomic E-state index is 0.208. The number of aliphatic hydroxyl groups excluding tert-OH is 1. The first-order valence-electron chi connectivity index (χ1n) is 6.18. The highest BCUT2D eigenvalue weighted by atomic mass is 16.3. The van der Waals surface area contributed by atoms with Gasteiger partial charge >= 0.3 is 6.03 Å². The molecule has 2 fully saturated rings. The largest absolute Gasteiger partial charge is 0.395 e. The zero-order valence-corrected chi connectivity index (χ0v) is 9.77. The number of piperazine rings is 1. The van der Waals surface area contributed by atoms with Gasteiger partial charge in [-0.3, -0.25) is 4.90 Å². The summed E-state index contributed by atoms with van der Waals surface area (Å²) in [5.74, 6) is 0. The molecular formula is C11H21N3O2. The first-order chi connectivity index (χ1) is 7.81. The number of nitrogens with zero attached hydrogens (tertiary/aromatic N) is 3. The van der Waals surface area contributed by atoms with Gasteiger partial charge in [0.1, 0.15) is 0 Å². The quantitative estimate of drug-likeness (QED) is 0.711. The van der Waals surface area contributed by atoms with Gasteiger partial charge in [-0.2, -0.15) is 0 Å². The van der Waals surface area contributed by atoms with Gasteiger partial charge in [0.25, 0.3) is 0 Å². The van der Waals surface area contributed by atoms with Gasteiger partial charge in [0, 0.05) is 45.8 Å². The smallest absolute Gasteiger partial charge is 0.320 e. The van der Waals surface area contributed by atoms with Gasteiger partial charge in [0.15, 0.2) is 0 Å². The molecule has 2 saturated heterocycles. The lowest BCUT2D eigenvalue weighted by molar-refractivity contribution is 0.107. The zero-order chi connectivity index (χ0) is 11.4. The number of hydrogen-bond donors (Lipinski definition) is 1. The molecule has 1 N–H and O–H groups in total. The fraction of sp³-hybridized carbons (Fsp3) is 0.909. The molecule has 92 valence electrons. The molecule has 2 aliphatic heterocycles. The molecule has 0 atom stereocenters. The molecule has 2 aliphatic rings. The van der Waals surface area contributed by atoms with Crippen LogP contribution in [-0.2, 0) is 0 Å². The molecular weight excluding hydrogens is 206 g/mol. The van der Waals surface area contributed by atoms with Crippen molar-refractivity contribution in [2.45, 2.75) is 12.8 Å². The Morgan fingerprint density at radius 1 is 0.938 bits per heavy atom. The molecule has 2 heterocycles. The number of rotatable bonds is 2. The lowest BCUT2D eigenvalue weighted by Gasteiger charge is -2.36. The average Bonchev–Trinajstić information content (AvgIpc) is 2.83. The van der Waals surface area contributed by atoms with E-state index >= 15 is 0 Å². The Labute approximate surface area is 96.6 Å². The molecule has 16 heavy (non-hydrogen) atoms. The van der Waals surface area contributed by atoms with E-state index in [-0.39, 0.29) is 12.6 Å². The van der Waals surface area contributed by atoms with Crippen molar-refractivity contribution < 1.29 is 9.90 Å². The van der Waals surface area contributed by atoms with Crippen LogP contribution in [0, 0.1) is 0 Å². The molecule has 0 radical (unpaired) electrons. The van der Waals surface area contributed by atoms with Gasteiger partial charge in [0.05, 0.1) is 6.61 Å². The van der Waals surface area contributed by atoms with Crippen LogP contribution in [0.25, 0.3) is 0 Å². The topological polar surface area (TPSA) is 47.0 Å². The Hall–Kier alpha value is -0.810. The van der Waals surface area contributed by atoms with Gasteiger partial charge in [-0.25, -0.2) is 4.79 Å². The van der Waals surface area contributed by atoms with Crippen molar-refractivity contribution in [3.63, 3.8) is 0 Å². The van der Waals surface area contributed by atoms with Gasteiger partial charge in [-0.1, -0.05) is 0 Å². The Kier molecular flexibility index (Phi) is 4.01. The molecule has 0 bridgehead atoms. The summed E-state index contributed by atoms with van der Waals surface area (Å²) in [5, 5.41) is 8.84. The molecule has 0 saturated carbocycles. The van der Waals surface area contributed by atoms with Crippen molar-refractivity contribution in [1.82, 2.24) is 14.7 Å². The normalized spacial score (nSPS) is 22.8. The maximum Gasteiger partial charge on any atom is 0.320 e. The summed E-state index contributed by atoms with van der Waals surface area (Å²) in [4.78, 5) is 18.2. The molecule has 0 unspecified atom stereocenters.